The highest BCUT2D eigenvalue weighted by Crippen LogP contribution is 2.39. The Morgan fingerprint density at radius 1 is 1.27 bits per heavy atom. The van der Waals surface area contributed by atoms with Crippen molar-refractivity contribution in [2.24, 2.45) is 11.8 Å². The summed E-state index contributed by atoms with van der Waals surface area (Å²) in [5, 5.41) is 0. The molecule has 1 aromatic rings. The Labute approximate surface area is 156 Å². The van der Waals surface area contributed by atoms with Gasteiger partial charge in [-0.2, -0.15) is 11.8 Å². The number of likely N-dealkylation sites (tertiary alicyclic amines) is 1. The largest absolute Gasteiger partial charge is 0.455 e. The van der Waals surface area contributed by atoms with Crippen molar-refractivity contribution in [1.82, 2.24) is 14.9 Å². The van der Waals surface area contributed by atoms with Gasteiger partial charge in [0.2, 0.25) is 11.8 Å². The average Bonchev–Trinajstić information content (AvgIpc) is 2.91. The summed E-state index contributed by atoms with van der Waals surface area (Å²) in [6.07, 6.45) is 9.19. The Morgan fingerprint density at radius 2 is 1.92 bits per heavy atom. The molecule has 2 fully saturated rings. The van der Waals surface area contributed by atoms with E-state index in [1.807, 2.05) is 6.26 Å². The molecule has 0 N–H and O–H groups in total. The molecule has 1 saturated heterocycles. The number of amides is 2. The minimum Gasteiger partial charge on any atom is -0.455 e. The topological polar surface area (TPSA) is 89.5 Å². The standard InChI is InChI=1S/C18H23N3O4S/c1-11(14-9-19-7-8-20-14)25-18(24)15(10-26-2)21-16(22)12-5-3-4-6-13(12)17(21)23/h7-9,11-13,15H,3-6,10H2,1-2H3/t11-,12?,13?,15?/m1/s1. The zero-order chi connectivity index (χ0) is 18.7. The minimum absolute atomic E-state index is 0.220. The molecule has 3 unspecified atom stereocenters. The summed E-state index contributed by atoms with van der Waals surface area (Å²) in [5.41, 5.74) is 0.525. The summed E-state index contributed by atoms with van der Waals surface area (Å²) in [5.74, 6) is -1.23. The van der Waals surface area contributed by atoms with Gasteiger partial charge in [-0.05, 0) is 26.0 Å². The van der Waals surface area contributed by atoms with E-state index in [9.17, 15) is 14.4 Å². The Bertz CT molecular complexity index is 660. The maximum atomic E-state index is 12.8. The van der Waals surface area contributed by atoms with Gasteiger partial charge in [-0.15, -0.1) is 0 Å². The Morgan fingerprint density at radius 3 is 2.46 bits per heavy atom. The van der Waals surface area contributed by atoms with Gasteiger partial charge in [-0.3, -0.25) is 24.5 Å². The lowest BCUT2D eigenvalue weighted by atomic mass is 9.81. The molecule has 1 saturated carbocycles. The van der Waals surface area contributed by atoms with Crippen LogP contribution in [0.5, 0.6) is 0 Å². The summed E-state index contributed by atoms with van der Waals surface area (Å²) in [4.78, 5) is 47.6. The quantitative estimate of drug-likeness (QED) is 0.553. The lowest BCUT2D eigenvalue weighted by Crippen LogP contribution is -2.48. The second-order valence-corrected chi connectivity index (χ2v) is 7.64. The molecule has 1 aromatic heterocycles. The Kier molecular flexibility index (Phi) is 5.90. The van der Waals surface area contributed by atoms with Gasteiger partial charge in [-0.1, -0.05) is 12.8 Å². The lowest BCUT2D eigenvalue weighted by Gasteiger charge is -2.26. The van der Waals surface area contributed by atoms with E-state index in [4.69, 9.17) is 4.74 Å². The van der Waals surface area contributed by atoms with E-state index < -0.39 is 18.1 Å². The van der Waals surface area contributed by atoms with Crippen molar-refractivity contribution >= 4 is 29.5 Å². The molecule has 0 bridgehead atoms. The van der Waals surface area contributed by atoms with Crippen LogP contribution in [-0.2, 0) is 19.1 Å². The predicted molar refractivity (Wildman–Crippen MR) is 96.0 cm³/mol. The molecule has 2 amide bonds. The van der Waals surface area contributed by atoms with Gasteiger partial charge in [0, 0.05) is 18.1 Å². The number of imide groups is 1. The number of nitrogens with zero attached hydrogens (tertiary/aromatic N) is 3. The lowest BCUT2D eigenvalue weighted by molar-refractivity contribution is -0.161. The second-order valence-electron chi connectivity index (χ2n) is 6.72. The van der Waals surface area contributed by atoms with Gasteiger partial charge in [0.1, 0.15) is 12.1 Å². The number of carbonyl (C=O) groups excluding carboxylic acids is 3. The maximum absolute atomic E-state index is 12.8. The monoisotopic (exact) mass is 377 g/mol. The predicted octanol–water partition coefficient (Wildman–Crippen LogP) is 1.99. The summed E-state index contributed by atoms with van der Waals surface area (Å²) in [7, 11) is 0. The highest BCUT2D eigenvalue weighted by Gasteiger charge is 2.52. The molecule has 2 heterocycles. The number of esters is 1. The number of hydrogen-bond acceptors (Lipinski definition) is 7. The fourth-order valence-corrected chi connectivity index (χ4v) is 4.34. The third-order valence-electron chi connectivity index (χ3n) is 5.08. The van der Waals surface area contributed by atoms with Crippen LogP contribution in [0.2, 0.25) is 0 Å². The third kappa shape index (κ3) is 3.60. The highest BCUT2D eigenvalue weighted by molar-refractivity contribution is 7.98. The van der Waals surface area contributed by atoms with E-state index in [1.165, 1.54) is 35.3 Å². The number of ether oxygens (including phenoxy) is 1. The van der Waals surface area contributed by atoms with E-state index in [0.29, 0.717) is 11.4 Å². The van der Waals surface area contributed by atoms with E-state index in [0.717, 1.165) is 25.7 Å². The Balaban J connectivity index is 1.76. The van der Waals surface area contributed by atoms with Crippen LogP contribution >= 0.6 is 11.8 Å². The van der Waals surface area contributed by atoms with E-state index >= 15 is 0 Å². The van der Waals surface area contributed by atoms with Crippen LogP contribution < -0.4 is 0 Å². The normalized spacial score (nSPS) is 24.9. The van der Waals surface area contributed by atoms with Crippen LogP contribution in [0, 0.1) is 11.8 Å². The molecular weight excluding hydrogens is 354 g/mol. The number of aromatic nitrogens is 2. The summed E-state index contributed by atoms with van der Waals surface area (Å²) < 4.78 is 5.51. The van der Waals surface area contributed by atoms with Crippen LogP contribution in [-0.4, -0.2) is 50.7 Å². The molecule has 1 aliphatic heterocycles. The third-order valence-corrected chi connectivity index (χ3v) is 5.73. The molecule has 0 aromatic carbocycles. The molecule has 8 heteroatoms. The van der Waals surface area contributed by atoms with Crippen molar-refractivity contribution < 1.29 is 19.1 Å². The molecule has 3 rings (SSSR count). The molecule has 2 aliphatic rings. The number of carbonyl (C=O) groups is 3. The molecule has 0 radical (unpaired) electrons. The van der Waals surface area contributed by atoms with Gasteiger partial charge < -0.3 is 4.74 Å². The first kappa shape index (κ1) is 18.8. The van der Waals surface area contributed by atoms with Crippen LogP contribution in [0.25, 0.3) is 0 Å². The minimum atomic E-state index is -0.894. The maximum Gasteiger partial charge on any atom is 0.330 e. The smallest absolute Gasteiger partial charge is 0.330 e. The van der Waals surface area contributed by atoms with E-state index in [1.54, 1.807) is 6.92 Å². The van der Waals surface area contributed by atoms with Crippen molar-refractivity contribution in [3.8, 4) is 0 Å². The van der Waals surface area contributed by atoms with Crippen LogP contribution in [0.4, 0.5) is 0 Å². The van der Waals surface area contributed by atoms with Crippen molar-refractivity contribution in [3.05, 3.63) is 24.3 Å². The second kappa shape index (κ2) is 8.16. The first-order valence-electron chi connectivity index (χ1n) is 8.86. The number of hydrogen-bond donors (Lipinski definition) is 0. The molecule has 140 valence electrons. The zero-order valence-corrected chi connectivity index (χ0v) is 15.8. The van der Waals surface area contributed by atoms with Gasteiger partial charge in [0.15, 0.2) is 0 Å². The van der Waals surface area contributed by atoms with Crippen molar-refractivity contribution in [1.29, 1.82) is 0 Å². The number of fused-ring (bicyclic) bond motifs is 1. The molecule has 26 heavy (non-hydrogen) atoms. The van der Waals surface area contributed by atoms with Crippen LogP contribution in [0.1, 0.15) is 44.4 Å². The van der Waals surface area contributed by atoms with Gasteiger partial charge in [0.25, 0.3) is 0 Å². The van der Waals surface area contributed by atoms with Crippen LogP contribution in [0.15, 0.2) is 18.6 Å². The fraction of sp³-hybridized carbons (Fsp3) is 0.611. The molecule has 0 spiro atoms. The highest BCUT2D eigenvalue weighted by atomic mass is 32.2. The fourth-order valence-electron chi connectivity index (χ4n) is 3.73. The Hall–Kier alpha value is -1.96. The van der Waals surface area contributed by atoms with Crippen molar-refractivity contribution in [3.63, 3.8) is 0 Å². The molecular formula is C18H23N3O4S. The molecule has 4 atom stereocenters. The van der Waals surface area contributed by atoms with Gasteiger partial charge in [-0.25, -0.2) is 4.79 Å². The SMILES string of the molecule is CSCC(C(=O)O[C@H](C)c1cnccn1)N1C(=O)C2CCCCC2C1=O. The average molecular weight is 377 g/mol. The van der Waals surface area contributed by atoms with Gasteiger partial charge >= 0.3 is 5.97 Å². The van der Waals surface area contributed by atoms with Gasteiger partial charge in [0.05, 0.1) is 23.7 Å². The van der Waals surface area contributed by atoms with Crippen molar-refractivity contribution in [2.75, 3.05) is 12.0 Å². The van der Waals surface area contributed by atoms with E-state index in [2.05, 4.69) is 9.97 Å². The van der Waals surface area contributed by atoms with Crippen molar-refractivity contribution in [2.45, 2.75) is 44.8 Å². The number of rotatable bonds is 6. The molecule has 7 nitrogen and oxygen atoms in total. The first-order valence-corrected chi connectivity index (χ1v) is 10.3. The zero-order valence-electron chi connectivity index (χ0n) is 15.0. The van der Waals surface area contributed by atoms with E-state index in [-0.39, 0.29) is 23.7 Å². The number of thioether (sulfide) groups is 1. The first-order chi connectivity index (χ1) is 12.5. The van der Waals surface area contributed by atoms with Crippen LogP contribution in [0.3, 0.4) is 0 Å². The summed E-state index contributed by atoms with van der Waals surface area (Å²) >= 11 is 1.41. The summed E-state index contributed by atoms with van der Waals surface area (Å²) in [6.45, 7) is 1.70. The molecule has 1 aliphatic carbocycles. The summed E-state index contributed by atoms with van der Waals surface area (Å²) in [6, 6.07) is -0.894.